The first-order valence-corrected chi connectivity index (χ1v) is 5.58. The zero-order chi connectivity index (χ0) is 10.8. The number of nitrogens with zero attached hydrogens (tertiary/aromatic N) is 2. The lowest BCUT2D eigenvalue weighted by Crippen LogP contribution is -2.01. The largest absolute Gasteiger partial charge is 0.328 e. The predicted octanol–water partition coefficient (Wildman–Crippen LogP) is 2.19. The molecular formula is C9H8ClN3OS. The van der Waals surface area contributed by atoms with Crippen LogP contribution < -0.4 is 5.56 Å². The summed E-state index contributed by atoms with van der Waals surface area (Å²) >= 11 is 7.30. The minimum absolute atomic E-state index is 0.130. The van der Waals surface area contributed by atoms with Crippen LogP contribution in [0.1, 0.15) is 17.3 Å². The van der Waals surface area contributed by atoms with Gasteiger partial charge in [-0.2, -0.15) is 0 Å². The molecule has 2 aromatic rings. The fraction of sp³-hybridized carbons (Fsp3) is 0.222. The van der Waals surface area contributed by atoms with Crippen LogP contribution in [0.3, 0.4) is 0 Å². The van der Waals surface area contributed by atoms with E-state index in [0.29, 0.717) is 0 Å². The molecule has 78 valence electrons. The third-order valence-electron chi connectivity index (χ3n) is 1.81. The summed E-state index contributed by atoms with van der Waals surface area (Å²) in [5.41, 5.74) is 0.713. The van der Waals surface area contributed by atoms with Gasteiger partial charge in [0.2, 0.25) is 5.56 Å². The second-order valence-corrected chi connectivity index (χ2v) is 4.67. The standard InChI is InChI=1S/C9H8ClN3OS/c1-5(10)8-12-13-9(15-8)6-2-3-7(14)11-4-6/h2-5H,1H3,(H,11,14). The van der Waals surface area contributed by atoms with Gasteiger partial charge in [-0.05, 0) is 13.0 Å². The van der Waals surface area contributed by atoms with Crippen molar-refractivity contribution in [3.63, 3.8) is 0 Å². The van der Waals surface area contributed by atoms with Crippen molar-refractivity contribution in [2.45, 2.75) is 12.3 Å². The third-order valence-corrected chi connectivity index (χ3v) is 3.30. The molecule has 4 nitrogen and oxygen atoms in total. The van der Waals surface area contributed by atoms with Gasteiger partial charge >= 0.3 is 0 Å². The number of aromatic nitrogens is 3. The first-order chi connectivity index (χ1) is 7.16. The molecule has 0 aliphatic heterocycles. The van der Waals surface area contributed by atoms with Crippen LogP contribution >= 0.6 is 22.9 Å². The van der Waals surface area contributed by atoms with E-state index in [1.807, 2.05) is 6.92 Å². The Bertz CT molecular complexity index is 500. The molecular weight excluding hydrogens is 234 g/mol. The molecule has 1 unspecified atom stereocenters. The second-order valence-electron chi connectivity index (χ2n) is 3.00. The van der Waals surface area contributed by atoms with Crippen LogP contribution in [0.25, 0.3) is 10.6 Å². The first kappa shape index (κ1) is 10.3. The number of hydrogen-bond donors (Lipinski definition) is 1. The van der Waals surface area contributed by atoms with E-state index in [9.17, 15) is 4.79 Å². The van der Waals surface area contributed by atoms with Crippen LogP contribution in [0, 0.1) is 0 Å². The molecule has 0 saturated heterocycles. The molecule has 1 N–H and O–H groups in total. The lowest BCUT2D eigenvalue weighted by atomic mass is 10.3. The molecule has 0 fully saturated rings. The maximum Gasteiger partial charge on any atom is 0.247 e. The Labute approximate surface area is 95.0 Å². The van der Waals surface area contributed by atoms with Gasteiger partial charge in [0, 0.05) is 17.8 Å². The number of nitrogens with one attached hydrogen (secondary N) is 1. The summed E-state index contributed by atoms with van der Waals surface area (Å²) in [6.45, 7) is 1.85. The number of halogens is 1. The normalized spacial score (nSPS) is 12.7. The molecule has 15 heavy (non-hydrogen) atoms. The summed E-state index contributed by atoms with van der Waals surface area (Å²) in [7, 11) is 0. The van der Waals surface area contributed by atoms with Gasteiger partial charge in [0.1, 0.15) is 10.0 Å². The van der Waals surface area contributed by atoms with Gasteiger partial charge < -0.3 is 4.98 Å². The molecule has 0 radical (unpaired) electrons. The first-order valence-electron chi connectivity index (χ1n) is 4.33. The number of rotatable bonds is 2. The zero-order valence-electron chi connectivity index (χ0n) is 7.90. The number of hydrogen-bond acceptors (Lipinski definition) is 4. The summed E-state index contributed by atoms with van der Waals surface area (Å²) < 4.78 is 0. The highest BCUT2D eigenvalue weighted by Crippen LogP contribution is 2.28. The minimum atomic E-state index is -0.140. The van der Waals surface area contributed by atoms with Gasteiger partial charge in [-0.25, -0.2) is 0 Å². The van der Waals surface area contributed by atoms with Crippen molar-refractivity contribution in [3.05, 3.63) is 33.7 Å². The monoisotopic (exact) mass is 241 g/mol. The smallest absolute Gasteiger partial charge is 0.247 e. The lowest BCUT2D eigenvalue weighted by molar-refractivity contribution is 0.962. The van der Waals surface area contributed by atoms with Gasteiger partial charge in [-0.15, -0.1) is 21.8 Å². The van der Waals surface area contributed by atoms with Crippen LogP contribution in [0.5, 0.6) is 0 Å². The fourth-order valence-electron chi connectivity index (χ4n) is 1.06. The maximum atomic E-state index is 10.9. The molecule has 2 rings (SSSR count). The van der Waals surface area contributed by atoms with Gasteiger partial charge in [0.05, 0.1) is 5.38 Å². The van der Waals surface area contributed by atoms with Crippen LogP contribution in [0.15, 0.2) is 23.1 Å². The highest BCUT2D eigenvalue weighted by Gasteiger charge is 2.10. The fourth-order valence-corrected chi connectivity index (χ4v) is 2.00. The van der Waals surface area contributed by atoms with Crippen molar-refractivity contribution in [3.8, 4) is 10.6 Å². The Hall–Kier alpha value is -1.20. The average molecular weight is 242 g/mol. The summed E-state index contributed by atoms with van der Waals surface area (Å²) in [5.74, 6) is 0. The lowest BCUT2D eigenvalue weighted by Gasteiger charge is -1.93. The summed E-state index contributed by atoms with van der Waals surface area (Å²) in [6, 6.07) is 3.17. The van der Waals surface area contributed by atoms with E-state index in [0.717, 1.165) is 15.6 Å². The Morgan fingerprint density at radius 3 is 2.80 bits per heavy atom. The molecule has 2 heterocycles. The van der Waals surface area contributed by atoms with Gasteiger partial charge in [-0.3, -0.25) is 4.79 Å². The molecule has 0 saturated carbocycles. The third kappa shape index (κ3) is 2.24. The number of aromatic amines is 1. The zero-order valence-corrected chi connectivity index (χ0v) is 9.47. The van der Waals surface area contributed by atoms with Gasteiger partial charge in [-0.1, -0.05) is 11.3 Å². The van der Waals surface area contributed by atoms with Crippen molar-refractivity contribution >= 4 is 22.9 Å². The van der Waals surface area contributed by atoms with E-state index in [-0.39, 0.29) is 10.9 Å². The molecule has 0 aromatic carbocycles. The van der Waals surface area contributed by atoms with Gasteiger partial charge in [0.25, 0.3) is 0 Å². The minimum Gasteiger partial charge on any atom is -0.328 e. The van der Waals surface area contributed by atoms with E-state index >= 15 is 0 Å². The quantitative estimate of drug-likeness (QED) is 0.820. The summed E-state index contributed by atoms with van der Waals surface area (Å²) in [5, 5.41) is 9.35. The molecule has 2 aromatic heterocycles. The Morgan fingerprint density at radius 2 is 2.27 bits per heavy atom. The van der Waals surface area contributed by atoms with Crippen LogP contribution in [0.2, 0.25) is 0 Å². The Kier molecular flexibility index (Phi) is 2.83. The van der Waals surface area contributed by atoms with Crippen molar-refractivity contribution in [2.24, 2.45) is 0 Å². The van der Waals surface area contributed by atoms with Crippen LogP contribution in [0.4, 0.5) is 0 Å². The van der Waals surface area contributed by atoms with Crippen LogP contribution in [-0.2, 0) is 0 Å². The highest BCUT2D eigenvalue weighted by molar-refractivity contribution is 7.15. The summed E-state index contributed by atoms with van der Waals surface area (Å²) in [6.07, 6.45) is 1.62. The van der Waals surface area contributed by atoms with E-state index in [2.05, 4.69) is 15.2 Å². The molecule has 0 aliphatic rings. The molecule has 0 spiro atoms. The maximum absolute atomic E-state index is 10.9. The Morgan fingerprint density at radius 1 is 1.47 bits per heavy atom. The number of H-pyrrole nitrogens is 1. The molecule has 0 amide bonds. The van der Waals surface area contributed by atoms with Gasteiger partial charge in [0.15, 0.2) is 0 Å². The SMILES string of the molecule is CC(Cl)c1nnc(-c2ccc(=O)[nH]c2)s1. The predicted molar refractivity (Wildman–Crippen MR) is 60.2 cm³/mol. The van der Waals surface area contributed by atoms with E-state index in [1.54, 1.807) is 12.3 Å². The average Bonchev–Trinajstić information content (AvgIpc) is 2.68. The molecule has 6 heteroatoms. The van der Waals surface area contributed by atoms with Crippen molar-refractivity contribution < 1.29 is 0 Å². The van der Waals surface area contributed by atoms with E-state index in [1.165, 1.54) is 17.4 Å². The van der Waals surface area contributed by atoms with E-state index < -0.39 is 0 Å². The van der Waals surface area contributed by atoms with Crippen molar-refractivity contribution in [1.82, 2.24) is 15.2 Å². The van der Waals surface area contributed by atoms with Crippen molar-refractivity contribution in [1.29, 1.82) is 0 Å². The van der Waals surface area contributed by atoms with Crippen LogP contribution in [-0.4, -0.2) is 15.2 Å². The molecule has 0 aliphatic carbocycles. The van der Waals surface area contributed by atoms with E-state index in [4.69, 9.17) is 11.6 Å². The second kappa shape index (κ2) is 4.12. The number of pyridine rings is 1. The van der Waals surface area contributed by atoms with Crippen molar-refractivity contribution in [2.75, 3.05) is 0 Å². The topological polar surface area (TPSA) is 58.6 Å². The highest BCUT2D eigenvalue weighted by atomic mass is 35.5. The number of alkyl halides is 1. The summed E-state index contributed by atoms with van der Waals surface area (Å²) in [4.78, 5) is 13.4. The Balaban J connectivity index is 2.37. The molecule has 1 atom stereocenters. The molecule has 0 bridgehead atoms.